The molecule has 1 aromatic heterocycles. The predicted octanol–water partition coefficient (Wildman–Crippen LogP) is 3.75. The van der Waals surface area contributed by atoms with E-state index in [0.717, 1.165) is 0 Å². The molecule has 1 heterocycles. The molecular formula is C11H8F3IN2. The van der Waals surface area contributed by atoms with Crippen LogP contribution >= 0.6 is 22.6 Å². The summed E-state index contributed by atoms with van der Waals surface area (Å²) in [6, 6.07) is 5.12. The highest BCUT2D eigenvalue weighted by Gasteiger charge is 2.35. The first-order valence-corrected chi connectivity index (χ1v) is 5.81. The summed E-state index contributed by atoms with van der Waals surface area (Å²) in [4.78, 5) is 3.69. The van der Waals surface area contributed by atoms with E-state index in [-0.39, 0.29) is 11.3 Å². The van der Waals surface area contributed by atoms with Crippen molar-refractivity contribution in [3.05, 3.63) is 33.0 Å². The molecule has 0 saturated carbocycles. The Bertz CT molecular complexity index is 593. The Morgan fingerprint density at radius 3 is 2.53 bits per heavy atom. The molecule has 0 fully saturated rings. The summed E-state index contributed by atoms with van der Waals surface area (Å²) in [5, 5.41) is 0.558. The van der Waals surface area contributed by atoms with Gasteiger partial charge >= 0.3 is 6.18 Å². The van der Waals surface area contributed by atoms with Crippen LogP contribution in [-0.4, -0.2) is 4.98 Å². The summed E-state index contributed by atoms with van der Waals surface area (Å²) in [5.41, 5.74) is 5.24. The number of nitrogens with zero attached hydrogens (tertiary/aromatic N) is 1. The van der Waals surface area contributed by atoms with Crippen molar-refractivity contribution in [2.75, 3.05) is 5.73 Å². The van der Waals surface area contributed by atoms with Gasteiger partial charge in [0.1, 0.15) is 5.69 Å². The Hall–Kier alpha value is -1.05. The minimum Gasteiger partial charge on any atom is -0.398 e. The van der Waals surface area contributed by atoms with Gasteiger partial charge in [-0.05, 0) is 35.6 Å². The Kier molecular flexibility index (Phi) is 2.92. The van der Waals surface area contributed by atoms with Crippen LogP contribution in [0.2, 0.25) is 0 Å². The maximum atomic E-state index is 12.8. The molecule has 0 bridgehead atoms. The zero-order chi connectivity index (χ0) is 12.8. The molecule has 0 aliphatic heterocycles. The van der Waals surface area contributed by atoms with E-state index in [1.807, 2.05) is 22.6 Å². The second-order valence-electron chi connectivity index (χ2n) is 3.63. The number of aromatic nitrogens is 1. The van der Waals surface area contributed by atoms with E-state index in [1.165, 1.54) is 6.92 Å². The number of halogens is 4. The molecule has 2 nitrogen and oxygen atoms in total. The van der Waals surface area contributed by atoms with Gasteiger partial charge in [0.2, 0.25) is 0 Å². The summed E-state index contributed by atoms with van der Waals surface area (Å²) in [5.74, 6) is 0. The normalized spacial score (nSPS) is 12.1. The molecule has 1 aromatic carbocycles. The molecule has 0 aliphatic rings. The molecule has 0 unspecified atom stereocenters. The van der Waals surface area contributed by atoms with Gasteiger partial charge in [0.25, 0.3) is 0 Å². The lowest BCUT2D eigenvalue weighted by Crippen LogP contribution is -2.13. The number of anilines is 1. The fourth-order valence-corrected chi connectivity index (χ4v) is 2.27. The highest BCUT2D eigenvalue weighted by atomic mass is 127. The van der Waals surface area contributed by atoms with Crippen LogP contribution in [0.25, 0.3) is 10.9 Å². The number of fused-ring (bicyclic) bond motifs is 1. The quantitative estimate of drug-likeness (QED) is 0.734. The van der Waals surface area contributed by atoms with Crippen molar-refractivity contribution in [3.8, 4) is 0 Å². The second-order valence-corrected chi connectivity index (χ2v) is 4.80. The van der Waals surface area contributed by atoms with Gasteiger partial charge in [-0.15, -0.1) is 0 Å². The van der Waals surface area contributed by atoms with Crippen LogP contribution in [0.4, 0.5) is 18.9 Å². The minimum atomic E-state index is -4.48. The van der Waals surface area contributed by atoms with Crippen LogP contribution < -0.4 is 5.73 Å². The number of benzene rings is 1. The van der Waals surface area contributed by atoms with Crippen LogP contribution in [0.15, 0.2) is 18.2 Å². The SMILES string of the molecule is Cc1c(C(F)(F)F)nc2c(I)cccc2c1N. The molecule has 0 aliphatic carbocycles. The Balaban J connectivity index is 2.91. The van der Waals surface area contributed by atoms with E-state index in [1.54, 1.807) is 18.2 Å². The Morgan fingerprint density at radius 1 is 1.29 bits per heavy atom. The van der Waals surface area contributed by atoms with Crippen LogP contribution in [-0.2, 0) is 6.18 Å². The van der Waals surface area contributed by atoms with Gasteiger partial charge in [-0.2, -0.15) is 13.2 Å². The smallest absolute Gasteiger partial charge is 0.398 e. The van der Waals surface area contributed by atoms with Gasteiger partial charge < -0.3 is 5.73 Å². The molecule has 90 valence electrons. The van der Waals surface area contributed by atoms with E-state index in [4.69, 9.17) is 5.73 Å². The first kappa shape index (κ1) is 12.4. The number of hydrogen-bond donors (Lipinski definition) is 1. The third kappa shape index (κ3) is 2.05. The van der Waals surface area contributed by atoms with Crippen molar-refractivity contribution >= 4 is 39.2 Å². The summed E-state index contributed by atoms with van der Waals surface area (Å²) in [6.07, 6.45) is -4.48. The topological polar surface area (TPSA) is 38.9 Å². The molecular weight excluding hydrogens is 344 g/mol. The van der Waals surface area contributed by atoms with Crippen molar-refractivity contribution in [2.45, 2.75) is 13.1 Å². The van der Waals surface area contributed by atoms with E-state index in [2.05, 4.69) is 4.98 Å². The number of alkyl halides is 3. The average Bonchev–Trinajstić information content (AvgIpc) is 2.22. The van der Waals surface area contributed by atoms with Crippen LogP contribution in [0.1, 0.15) is 11.3 Å². The van der Waals surface area contributed by atoms with Gasteiger partial charge in [-0.1, -0.05) is 12.1 Å². The fraction of sp³-hybridized carbons (Fsp3) is 0.182. The molecule has 2 N–H and O–H groups in total. The lowest BCUT2D eigenvalue weighted by molar-refractivity contribution is -0.141. The minimum absolute atomic E-state index is 0.0213. The number of para-hydroxylation sites is 1. The lowest BCUT2D eigenvalue weighted by Gasteiger charge is -2.14. The predicted molar refractivity (Wildman–Crippen MR) is 68.6 cm³/mol. The van der Waals surface area contributed by atoms with Crippen molar-refractivity contribution < 1.29 is 13.2 Å². The van der Waals surface area contributed by atoms with Crippen molar-refractivity contribution in [1.82, 2.24) is 4.98 Å². The van der Waals surface area contributed by atoms with E-state index in [9.17, 15) is 13.2 Å². The summed E-state index contributed by atoms with van der Waals surface area (Å²) in [7, 11) is 0. The molecule has 6 heteroatoms. The number of nitrogen functional groups attached to an aromatic ring is 1. The molecule has 2 rings (SSSR count). The molecule has 2 aromatic rings. The average molecular weight is 352 g/mol. The van der Waals surface area contributed by atoms with Gasteiger partial charge in [-0.25, -0.2) is 4.98 Å². The molecule has 0 saturated heterocycles. The number of hydrogen-bond acceptors (Lipinski definition) is 2. The zero-order valence-corrected chi connectivity index (χ0v) is 10.9. The fourth-order valence-electron chi connectivity index (χ4n) is 1.65. The first-order chi connectivity index (χ1) is 7.82. The number of pyridine rings is 1. The number of nitrogens with two attached hydrogens (primary N) is 1. The van der Waals surface area contributed by atoms with Gasteiger partial charge in [0.15, 0.2) is 0 Å². The molecule has 0 amide bonds. The molecule has 0 atom stereocenters. The lowest BCUT2D eigenvalue weighted by atomic mass is 10.1. The standard InChI is InChI=1S/C11H8F3IN2/c1-5-8(16)6-3-2-4-7(15)9(6)17-10(5)11(12,13)14/h2-4H,1H3,(H2,16,17). The first-order valence-electron chi connectivity index (χ1n) is 4.74. The van der Waals surface area contributed by atoms with E-state index < -0.39 is 11.9 Å². The zero-order valence-electron chi connectivity index (χ0n) is 8.77. The van der Waals surface area contributed by atoms with Gasteiger partial charge in [0.05, 0.1) is 5.52 Å². The third-order valence-corrected chi connectivity index (χ3v) is 3.40. The highest BCUT2D eigenvalue weighted by Crippen LogP contribution is 2.36. The molecule has 0 spiro atoms. The Morgan fingerprint density at radius 2 is 1.94 bits per heavy atom. The second kappa shape index (κ2) is 4.01. The summed E-state index contributed by atoms with van der Waals surface area (Å²) in [6.45, 7) is 1.34. The number of rotatable bonds is 0. The Labute approximate surface area is 109 Å². The largest absolute Gasteiger partial charge is 0.433 e. The highest BCUT2D eigenvalue weighted by molar-refractivity contribution is 14.1. The summed E-state index contributed by atoms with van der Waals surface area (Å²) < 4.78 is 39.0. The monoisotopic (exact) mass is 352 g/mol. The van der Waals surface area contributed by atoms with Crippen LogP contribution in [0.5, 0.6) is 0 Å². The third-order valence-electron chi connectivity index (χ3n) is 2.53. The van der Waals surface area contributed by atoms with Crippen molar-refractivity contribution in [2.24, 2.45) is 0 Å². The van der Waals surface area contributed by atoms with E-state index in [0.29, 0.717) is 14.5 Å². The van der Waals surface area contributed by atoms with Crippen molar-refractivity contribution in [1.29, 1.82) is 0 Å². The molecule has 0 radical (unpaired) electrons. The van der Waals surface area contributed by atoms with Crippen LogP contribution in [0.3, 0.4) is 0 Å². The van der Waals surface area contributed by atoms with E-state index >= 15 is 0 Å². The van der Waals surface area contributed by atoms with Gasteiger partial charge in [-0.3, -0.25) is 0 Å². The molecule has 17 heavy (non-hydrogen) atoms. The van der Waals surface area contributed by atoms with Crippen molar-refractivity contribution in [3.63, 3.8) is 0 Å². The maximum absolute atomic E-state index is 12.8. The van der Waals surface area contributed by atoms with Gasteiger partial charge in [0, 0.05) is 20.2 Å². The van der Waals surface area contributed by atoms with Crippen LogP contribution in [0, 0.1) is 10.5 Å². The maximum Gasteiger partial charge on any atom is 0.433 e. The summed E-state index contributed by atoms with van der Waals surface area (Å²) >= 11 is 1.95.